The lowest BCUT2D eigenvalue weighted by molar-refractivity contribution is 0.189. The van der Waals surface area contributed by atoms with Crippen LogP contribution in [-0.4, -0.2) is 11.3 Å². The largest absolute Gasteiger partial charge is 0.374 e. The molecule has 1 unspecified atom stereocenters. The fourth-order valence-corrected chi connectivity index (χ4v) is 2.59. The van der Waals surface area contributed by atoms with Crippen molar-refractivity contribution in [1.82, 2.24) is 0 Å². The molecule has 0 spiro atoms. The first-order chi connectivity index (χ1) is 7.85. The molecule has 0 aromatic heterocycles. The molecule has 2 rings (SSSR count). The summed E-state index contributed by atoms with van der Waals surface area (Å²) in [5.74, 6) is 0. The number of aliphatic hydroxyl groups excluding tert-OH is 1. The topological polar surface area (TPSA) is 32.3 Å². The van der Waals surface area contributed by atoms with Gasteiger partial charge < -0.3 is 10.4 Å². The quantitative estimate of drug-likeness (QED) is 0.780. The Morgan fingerprint density at radius 2 is 2.06 bits per heavy atom. The molecule has 0 fully saturated rings. The van der Waals surface area contributed by atoms with Crippen LogP contribution >= 0.6 is 0 Å². The minimum atomic E-state index is -0.380. The second-order valence-electron chi connectivity index (χ2n) is 6.38. The molecule has 2 nitrogen and oxygen atoms in total. The Labute approximate surface area is 104 Å². The van der Waals surface area contributed by atoms with E-state index in [0.717, 1.165) is 24.9 Å². The van der Waals surface area contributed by atoms with Crippen molar-refractivity contribution in [3.8, 4) is 0 Å². The van der Waals surface area contributed by atoms with E-state index in [4.69, 9.17) is 0 Å². The molecule has 1 aromatic rings. The van der Waals surface area contributed by atoms with E-state index < -0.39 is 0 Å². The number of nitrogens with one attached hydrogen (secondary N) is 1. The lowest BCUT2D eigenvalue weighted by atomic mass is 9.85. The standard InChI is InChI=1S/C15H23NO/c1-10-7-11(9-15(2,3)4)8-12-5-6-13(17)16-14(10)12/h7-8,13,16-17H,5-6,9H2,1-4H3. The molecule has 0 saturated carbocycles. The number of rotatable bonds is 1. The van der Waals surface area contributed by atoms with Crippen molar-refractivity contribution in [2.75, 3.05) is 5.32 Å². The summed E-state index contributed by atoms with van der Waals surface area (Å²) < 4.78 is 0. The molecule has 1 aliphatic heterocycles. The van der Waals surface area contributed by atoms with Crippen LogP contribution in [0.15, 0.2) is 12.1 Å². The SMILES string of the molecule is Cc1cc(CC(C)(C)C)cc2c1NC(O)CC2. The molecule has 17 heavy (non-hydrogen) atoms. The molecule has 0 bridgehead atoms. The van der Waals surface area contributed by atoms with Crippen molar-refractivity contribution >= 4 is 5.69 Å². The Kier molecular flexibility index (Phi) is 3.17. The number of fused-ring (bicyclic) bond motifs is 1. The molecule has 0 radical (unpaired) electrons. The summed E-state index contributed by atoms with van der Waals surface area (Å²) in [5, 5.41) is 12.8. The summed E-state index contributed by atoms with van der Waals surface area (Å²) in [4.78, 5) is 0. The van der Waals surface area contributed by atoms with E-state index in [1.807, 2.05) is 0 Å². The Balaban J connectivity index is 2.31. The van der Waals surface area contributed by atoms with Gasteiger partial charge in [-0.1, -0.05) is 32.9 Å². The van der Waals surface area contributed by atoms with Gasteiger partial charge in [0.15, 0.2) is 0 Å². The monoisotopic (exact) mass is 233 g/mol. The smallest absolute Gasteiger partial charge is 0.124 e. The molecule has 2 heteroatoms. The molecule has 1 aliphatic rings. The molecule has 2 N–H and O–H groups in total. The van der Waals surface area contributed by atoms with Gasteiger partial charge in [0, 0.05) is 5.69 Å². The van der Waals surface area contributed by atoms with Crippen LogP contribution in [0.1, 0.15) is 43.9 Å². The minimum Gasteiger partial charge on any atom is -0.374 e. The van der Waals surface area contributed by atoms with Gasteiger partial charge in [0.05, 0.1) is 0 Å². The fraction of sp³-hybridized carbons (Fsp3) is 0.600. The maximum atomic E-state index is 9.63. The summed E-state index contributed by atoms with van der Waals surface area (Å²) in [6.45, 7) is 8.92. The van der Waals surface area contributed by atoms with E-state index in [1.54, 1.807) is 0 Å². The fourth-order valence-electron chi connectivity index (χ4n) is 2.59. The van der Waals surface area contributed by atoms with E-state index in [-0.39, 0.29) is 6.23 Å². The second kappa shape index (κ2) is 4.34. The van der Waals surface area contributed by atoms with Crippen LogP contribution in [0.5, 0.6) is 0 Å². The first kappa shape index (κ1) is 12.4. The van der Waals surface area contributed by atoms with Crippen molar-refractivity contribution in [3.63, 3.8) is 0 Å². The zero-order valence-electron chi connectivity index (χ0n) is 11.3. The molecule has 94 valence electrons. The van der Waals surface area contributed by atoms with Gasteiger partial charge in [0.25, 0.3) is 0 Å². The van der Waals surface area contributed by atoms with Gasteiger partial charge >= 0.3 is 0 Å². The predicted molar refractivity (Wildman–Crippen MR) is 72.3 cm³/mol. The van der Waals surface area contributed by atoms with Crippen molar-refractivity contribution in [2.45, 2.75) is 53.2 Å². The molecular weight excluding hydrogens is 210 g/mol. The van der Waals surface area contributed by atoms with Gasteiger partial charge in [-0.2, -0.15) is 0 Å². The highest BCUT2D eigenvalue weighted by Crippen LogP contribution is 2.31. The summed E-state index contributed by atoms with van der Waals surface area (Å²) in [7, 11) is 0. The molecule has 0 saturated heterocycles. The van der Waals surface area contributed by atoms with E-state index in [9.17, 15) is 5.11 Å². The van der Waals surface area contributed by atoms with E-state index in [2.05, 4.69) is 45.1 Å². The van der Waals surface area contributed by atoms with Crippen LogP contribution in [0.3, 0.4) is 0 Å². The van der Waals surface area contributed by atoms with Crippen molar-refractivity contribution in [1.29, 1.82) is 0 Å². The summed E-state index contributed by atoms with van der Waals surface area (Å²) in [6, 6.07) is 4.54. The Bertz CT molecular complexity index is 418. The van der Waals surface area contributed by atoms with Crippen LogP contribution in [-0.2, 0) is 12.8 Å². The van der Waals surface area contributed by atoms with Crippen LogP contribution in [0, 0.1) is 12.3 Å². The zero-order valence-corrected chi connectivity index (χ0v) is 11.3. The third-order valence-electron chi connectivity index (χ3n) is 3.21. The highest BCUT2D eigenvalue weighted by atomic mass is 16.3. The van der Waals surface area contributed by atoms with E-state index in [0.29, 0.717) is 5.41 Å². The van der Waals surface area contributed by atoms with Crippen molar-refractivity contribution in [3.05, 3.63) is 28.8 Å². The Hall–Kier alpha value is -1.02. The molecular formula is C15H23NO. The summed E-state index contributed by atoms with van der Waals surface area (Å²) in [6.07, 6.45) is 2.51. The molecule has 0 amide bonds. The predicted octanol–water partition coefficient (Wildman–Crippen LogP) is 3.26. The normalized spacial score (nSPS) is 19.7. The van der Waals surface area contributed by atoms with Gasteiger partial charge in [0.2, 0.25) is 0 Å². The van der Waals surface area contributed by atoms with Crippen molar-refractivity contribution < 1.29 is 5.11 Å². The van der Waals surface area contributed by atoms with Gasteiger partial charge in [-0.05, 0) is 48.3 Å². The first-order valence-corrected chi connectivity index (χ1v) is 6.42. The first-order valence-electron chi connectivity index (χ1n) is 6.42. The van der Waals surface area contributed by atoms with Gasteiger partial charge in [-0.15, -0.1) is 0 Å². The number of aryl methyl sites for hydroxylation is 2. The van der Waals surface area contributed by atoms with E-state index in [1.165, 1.54) is 16.7 Å². The summed E-state index contributed by atoms with van der Waals surface area (Å²) in [5.41, 5.74) is 5.48. The maximum absolute atomic E-state index is 9.63. The second-order valence-corrected chi connectivity index (χ2v) is 6.38. The number of aliphatic hydroxyl groups is 1. The van der Waals surface area contributed by atoms with Crippen LogP contribution in [0.4, 0.5) is 5.69 Å². The lowest BCUT2D eigenvalue weighted by Gasteiger charge is -2.27. The summed E-state index contributed by atoms with van der Waals surface area (Å²) >= 11 is 0. The van der Waals surface area contributed by atoms with Gasteiger partial charge in [-0.3, -0.25) is 0 Å². The van der Waals surface area contributed by atoms with Gasteiger partial charge in [-0.25, -0.2) is 0 Å². The number of hydrogen-bond acceptors (Lipinski definition) is 2. The van der Waals surface area contributed by atoms with Crippen molar-refractivity contribution in [2.24, 2.45) is 5.41 Å². The van der Waals surface area contributed by atoms with Crippen LogP contribution < -0.4 is 5.32 Å². The lowest BCUT2D eigenvalue weighted by Crippen LogP contribution is -2.25. The average molecular weight is 233 g/mol. The molecule has 1 atom stereocenters. The Morgan fingerprint density at radius 1 is 1.35 bits per heavy atom. The van der Waals surface area contributed by atoms with Crippen LogP contribution in [0.2, 0.25) is 0 Å². The maximum Gasteiger partial charge on any atom is 0.124 e. The third kappa shape index (κ3) is 3.01. The molecule has 0 aliphatic carbocycles. The Morgan fingerprint density at radius 3 is 2.71 bits per heavy atom. The van der Waals surface area contributed by atoms with Gasteiger partial charge in [0.1, 0.15) is 6.23 Å². The molecule has 1 heterocycles. The van der Waals surface area contributed by atoms with E-state index >= 15 is 0 Å². The number of hydrogen-bond donors (Lipinski definition) is 2. The van der Waals surface area contributed by atoms with Crippen LogP contribution in [0.25, 0.3) is 0 Å². The number of benzene rings is 1. The number of anilines is 1. The minimum absolute atomic E-state index is 0.322. The average Bonchev–Trinajstić information content (AvgIpc) is 2.17. The third-order valence-corrected chi connectivity index (χ3v) is 3.21. The molecule has 1 aromatic carbocycles. The highest BCUT2D eigenvalue weighted by molar-refractivity contribution is 5.60. The highest BCUT2D eigenvalue weighted by Gasteiger charge is 2.19. The zero-order chi connectivity index (χ0) is 12.6.